The van der Waals surface area contributed by atoms with Crippen LogP contribution in [0.25, 0.3) is 0 Å². The molecule has 2 aliphatic rings. The quantitative estimate of drug-likeness (QED) is 0.533. The number of carboxylic acid groups (broad SMARTS) is 1. The maximum Gasteiger partial charge on any atom is 0.228 e. The van der Waals surface area contributed by atoms with Crippen molar-refractivity contribution in [2.75, 3.05) is 18.6 Å². The molecule has 1 amide bonds. The predicted molar refractivity (Wildman–Crippen MR) is 138 cm³/mol. The molecule has 37 heavy (non-hydrogen) atoms. The number of nitrogens with zero attached hydrogens (tertiary/aromatic N) is 2. The molecule has 196 valence electrons. The number of ketones is 1. The van der Waals surface area contributed by atoms with Gasteiger partial charge in [0.2, 0.25) is 5.91 Å². The van der Waals surface area contributed by atoms with Gasteiger partial charge in [0, 0.05) is 24.5 Å². The fourth-order valence-electron chi connectivity index (χ4n) is 5.27. The largest absolute Gasteiger partial charge is 0.550 e. The van der Waals surface area contributed by atoms with Crippen LogP contribution in [0.4, 0.5) is 11.4 Å². The van der Waals surface area contributed by atoms with Crippen LogP contribution < -0.4 is 19.5 Å². The number of amides is 1. The average molecular weight is 506 g/mol. The molecule has 0 spiro atoms. The Morgan fingerprint density at radius 2 is 1.86 bits per heavy atom. The number of carbonyl (C=O) groups is 3. The van der Waals surface area contributed by atoms with Gasteiger partial charge >= 0.3 is 0 Å². The number of para-hydroxylation sites is 2. The summed E-state index contributed by atoms with van der Waals surface area (Å²) < 4.78 is 11.4. The van der Waals surface area contributed by atoms with E-state index in [0.717, 1.165) is 12.1 Å². The number of aliphatic imine (C=N–C) groups is 1. The molecule has 0 bridgehead atoms. The number of hydrogen-bond donors (Lipinski definition) is 0. The van der Waals surface area contributed by atoms with E-state index < -0.39 is 30.3 Å². The second-order valence-corrected chi connectivity index (χ2v) is 10.4. The molecule has 2 aromatic rings. The molecular weight excluding hydrogens is 472 g/mol. The van der Waals surface area contributed by atoms with Crippen molar-refractivity contribution in [2.24, 2.45) is 16.3 Å². The van der Waals surface area contributed by atoms with E-state index in [4.69, 9.17) is 14.5 Å². The fraction of sp³-hybridized carbons (Fsp3) is 0.448. The number of ether oxygens (including phenoxy) is 2. The van der Waals surface area contributed by atoms with Crippen molar-refractivity contribution in [3.05, 3.63) is 48.0 Å². The summed E-state index contributed by atoms with van der Waals surface area (Å²) >= 11 is 0. The summed E-state index contributed by atoms with van der Waals surface area (Å²) in [7, 11) is 1.55. The lowest BCUT2D eigenvalue weighted by Crippen LogP contribution is -2.47. The number of rotatable bonds is 8. The van der Waals surface area contributed by atoms with Crippen LogP contribution in [0.5, 0.6) is 11.5 Å². The Balaban J connectivity index is 1.92. The predicted octanol–water partition coefficient (Wildman–Crippen LogP) is 4.18. The highest BCUT2D eigenvalue weighted by molar-refractivity contribution is 6.13. The van der Waals surface area contributed by atoms with E-state index in [1.807, 2.05) is 39.0 Å². The van der Waals surface area contributed by atoms with Crippen molar-refractivity contribution in [1.29, 1.82) is 0 Å². The average Bonchev–Trinajstić information content (AvgIpc) is 2.99. The van der Waals surface area contributed by atoms with Crippen LogP contribution in [0.15, 0.2) is 47.5 Å². The Hall–Kier alpha value is -3.68. The lowest BCUT2D eigenvalue weighted by Gasteiger charge is -2.41. The van der Waals surface area contributed by atoms with Gasteiger partial charge in [-0.05, 0) is 54.5 Å². The standard InChI is InChI=1S/C29H34N2O6/c1-5-14-37-23-11-10-18(15-24(23)36-4)28-27-20(16-29(2,3)17-22(27)32)30-19-8-6-7-9-21(19)31(28)25(33)12-13-26(34)35/h6-11,15,27-28H,5,12-14,16-17H2,1-4H3,(H,34,35)/p-1/t27-,28-/m0/s1. The number of aliphatic carboxylic acids is 1. The Morgan fingerprint density at radius 3 is 2.57 bits per heavy atom. The van der Waals surface area contributed by atoms with Crippen molar-refractivity contribution < 1.29 is 29.0 Å². The van der Waals surface area contributed by atoms with Gasteiger partial charge in [-0.1, -0.05) is 39.0 Å². The Morgan fingerprint density at radius 1 is 1.11 bits per heavy atom. The van der Waals surface area contributed by atoms with Gasteiger partial charge in [-0.2, -0.15) is 0 Å². The number of hydrogen-bond acceptors (Lipinski definition) is 7. The maximum absolute atomic E-state index is 13.7. The first kappa shape index (κ1) is 26.4. The molecule has 0 N–H and O–H groups in total. The molecule has 2 aromatic carbocycles. The number of methoxy groups -OCH3 is 1. The second kappa shape index (κ2) is 10.7. The molecule has 0 aromatic heterocycles. The summed E-state index contributed by atoms with van der Waals surface area (Å²) in [6.07, 6.45) is 1.10. The van der Waals surface area contributed by atoms with Crippen molar-refractivity contribution in [2.45, 2.75) is 58.9 Å². The summed E-state index contributed by atoms with van der Waals surface area (Å²) in [5.41, 5.74) is 2.25. The van der Waals surface area contributed by atoms with Gasteiger partial charge in [0.1, 0.15) is 5.78 Å². The van der Waals surface area contributed by atoms with E-state index in [9.17, 15) is 19.5 Å². The summed E-state index contributed by atoms with van der Waals surface area (Å²) in [4.78, 5) is 45.1. The third-order valence-corrected chi connectivity index (χ3v) is 6.82. The number of carbonyl (C=O) groups excluding carboxylic acids is 3. The van der Waals surface area contributed by atoms with E-state index in [1.165, 1.54) is 0 Å². The molecule has 4 rings (SSSR count). The fourth-order valence-corrected chi connectivity index (χ4v) is 5.27. The lowest BCUT2D eigenvalue weighted by atomic mass is 9.68. The number of carboxylic acids is 1. The summed E-state index contributed by atoms with van der Waals surface area (Å²) in [6.45, 7) is 6.62. The normalized spacial score (nSPS) is 20.3. The zero-order chi connectivity index (χ0) is 26.7. The topological polar surface area (TPSA) is 108 Å². The first-order chi connectivity index (χ1) is 17.6. The molecule has 8 heteroatoms. The zero-order valence-corrected chi connectivity index (χ0v) is 21.8. The molecule has 1 aliphatic heterocycles. The van der Waals surface area contributed by atoms with Crippen LogP contribution in [0.1, 0.15) is 64.5 Å². The maximum atomic E-state index is 13.7. The van der Waals surface area contributed by atoms with Gasteiger partial charge in [-0.3, -0.25) is 14.6 Å². The number of Topliss-reactive ketones (excluding diaryl/α,β-unsaturated/α-hetero) is 1. The highest BCUT2D eigenvalue weighted by Gasteiger charge is 2.47. The van der Waals surface area contributed by atoms with Crippen molar-refractivity contribution in [3.8, 4) is 11.5 Å². The van der Waals surface area contributed by atoms with Crippen LogP contribution in [0, 0.1) is 11.3 Å². The monoisotopic (exact) mass is 505 g/mol. The van der Waals surface area contributed by atoms with Gasteiger partial charge < -0.3 is 24.3 Å². The van der Waals surface area contributed by atoms with Crippen LogP contribution in [0.3, 0.4) is 0 Å². The van der Waals surface area contributed by atoms with Crippen molar-refractivity contribution in [1.82, 2.24) is 0 Å². The van der Waals surface area contributed by atoms with Gasteiger partial charge in [0.05, 0.1) is 37.1 Å². The van der Waals surface area contributed by atoms with E-state index in [2.05, 4.69) is 0 Å². The third kappa shape index (κ3) is 5.53. The Labute approximate surface area is 217 Å². The number of benzene rings is 2. The van der Waals surface area contributed by atoms with Gasteiger partial charge in [-0.25, -0.2) is 0 Å². The molecule has 1 saturated carbocycles. The summed E-state index contributed by atoms with van der Waals surface area (Å²) in [5.74, 6) is -1.34. The molecule has 0 radical (unpaired) electrons. The number of fused-ring (bicyclic) bond motifs is 2. The second-order valence-electron chi connectivity index (χ2n) is 10.4. The van der Waals surface area contributed by atoms with Gasteiger partial charge in [0.25, 0.3) is 0 Å². The van der Waals surface area contributed by atoms with Crippen molar-refractivity contribution >= 4 is 34.7 Å². The van der Waals surface area contributed by atoms with Crippen molar-refractivity contribution in [3.63, 3.8) is 0 Å². The summed E-state index contributed by atoms with van der Waals surface area (Å²) in [6, 6.07) is 11.9. The first-order valence-electron chi connectivity index (χ1n) is 12.7. The Kier molecular flexibility index (Phi) is 7.66. The molecule has 1 fully saturated rings. The van der Waals surface area contributed by atoms with Crippen LogP contribution in [-0.2, 0) is 14.4 Å². The number of anilines is 1. The van der Waals surface area contributed by atoms with Gasteiger partial charge in [0.15, 0.2) is 11.5 Å². The summed E-state index contributed by atoms with van der Waals surface area (Å²) in [5, 5.41) is 11.2. The van der Waals surface area contributed by atoms with Gasteiger partial charge in [-0.15, -0.1) is 0 Å². The molecule has 2 atom stereocenters. The lowest BCUT2D eigenvalue weighted by molar-refractivity contribution is -0.305. The van der Waals surface area contributed by atoms with Crippen LogP contribution in [0.2, 0.25) is 0 Å². The molecule has 1 aliphatic carbocycles. The molecule has 0 unspecified atom stereocenters. The van der Waals surface area contributed by atoms with E-state index >= 15 is 0 Å². The smallest absolute Gasteiger partial charge is 0.228 e. The highest BCUT2D eigenvalue weighted by Crippen LogP contribution is 2.49. The molecular formula is C29H33N2O6-. The Bertz CT molecular complexity index is 1230. The minimum Gasteiger partial charge on any atom is -0.550 e. The molecule has 0 saturated heterocycles. The van der Waals surface area contributed by atoms with Crippen LogP contribution >= 0.6 is 0 Å². The third-order valence-electron chi connectivity index (χ3n) is 6.82. The highest BCUT2D eigenvalue weighted by atomic mass is 16.5. The van der Waals surface area contributed by atoms with E-state index in [1.54, 1.807) is 36.3 Å². The van der Waals surface area contributed by atoms with E-state index in [-0.39, 0.29) is 17.6 Å². The SMILES string of the molecule is CCCOc1ccc([C@H]2[C@@H]3C(=O)CC(C)(C)CC3=Nc3ccccc3N2C(=O)CCC(=O)[O-])cc1OC. The minimum absolute atomic E-state index is 0.00390. The minimum atomic E-state index is -1.31. The van der Waals surface area contributed by atoms with E-state index in [0.29, 0.717) is 47.9 Å². The molecule has 8 nitrogen and oxygen atoms in total. The zero-order valence-electron chi connectivity index (χ0n) is 21.8. The van der Waals surface area contributed by atoms with Crippen LogP contribution in [-0.4, -0.2) is 37.1 Å². The first-order valence-corrected chi connectivity index (χ1v) is 12.7. The molecule has 1 heterocycles.